The van der Waals surface area contributed by atoms with E-state index in [9.17, 15) is 0 Å². The standard InChI is InChI=1S/C14H22N4O/c1-3-4-13-17-12-9-11(2)10-16-14(12)18(13)6-8-19-7-5-15/h9-10H,3-8,15H2,1-2H3. The molecule has 0 bridgehead atoms. The van der Waals surface area contributed by atoms with Crippen LogP contribution in [-0.2, 0) is 17.7 Å². The van der Waals surface area contributed by atoms with Gasteiger partial charge in [0, 0.05) is 25.7 Å². The van der Waals surface area contributed by atoms with E-state index >= 15 is 0 Å². The lowest BCUT2D eigenvalue weighted by molar-refractivity contribution is 0.133. The molecule has 0 aliphatic carbocycles. The van der Waals surface area contributed by atoms with Crippen molar-refractivity contribution in [1.82, 2.24) is 14.5 Å². The Bertz CT molecular complexity index is 535. The van der Waals surface area contributed by atoms with Crippen molar-refractivity contribution in [2.75, 3.05) is 19.8 Å². The van der Waals surface area contributed by atoms with E-state index in [1.165, 1.54) is 0 Å². The zero-order chi connectivity index (χ0) is 13.7. The SMILES string of the molecule is CCCc1nc2cc(C)cnc2n1CCOCCN. The Kier molecular flexibility index (Phi) is 4.87. The minimum atomic E-state index is 0.559. The largest absolute Gasteiger partial charge is 0.378 e. The minimum Gasteiger partial charge on any atom is -0.378 e. The molecule has 5 nitrogen and oxygen atoms in total. The van der Waals surface area contributed by atoms with Crippen LogP contribution in [0.4, 0.5) is 0 Å². The summed E-state index contributed by atoms with van der Waals surface area (Å²) in [5.74, 6) is 1.09. The molecule has 0 saturated carbocycles. The number of hydrogen-bond acceptors (Lipinski definition) is 4. The molecule has 0 saturated heterocycles. The quantitative estimate of drug-likeness (QED) is 0.771. The summed E-state index contributed by atoms with van der Waals surface area (Å²) in [7, 11) is 0. The predicted octanol–water partition coefficient (Wildman–Crippen LogP) is 1.67. The van der Waals surface area contributed by atoms with Crippen molar-refractivity contribution in [2.45, 2.75) is 33.2 Å². The van der Waals surface area contributed by atoms with Crippen molar-refractivity contribution in [2.24, 2.45) is 5.73 Å². The fourth-order valence-corrected chi connectivity index (χ4v) is 2.15. The highest BCUT2D eigenvalue weighted by atomic mass is 16.5. The third-order valence-electron chi connectivity index (χ3n) is 3.00. The number of nitrogens with zero attached hydrogens (tertiary/aromatic N) is 3. The van der Waals surface area contributed by atoms with Crippen molar-refractivity contribution in [3.05, 3.63) is 23.7 Å². The minimum absolute atomic E-state index is 0.559. The number of pyridine rings is 1. The van der Waals surface area contributed by atoms with Crippen LogP contribution in [0, 0.1) is 6.92 Å². The molecule has 0 unspecified atom stereocenters. The van der Waals surface area contributed by atoms with Gasteiger partial charge in [0.25, 0.3) is 0 Å². The Hall–Kier alpha value is -1.46. The van der Waals surface area contributed by atoms with Crippen LogP contribution < -0.4 is 5.73 Å². The Balaban J connectivity index is 2.24. The Morgan fingerprint density at radius 2 is 2.21 bits per heavy atom. The summed E-state index contributed by atoms with van der Waals surface area (Å²) in [6.45, 7) is 6.78. The molecule has 2 rings (SSSR count). The van der Waals surface area contributed by atoms with Gasteiger partial charge in [-0.15, -0.1) is 0 Å². The summed E-state index contributed by atoms with van der Waals surface area (Å²) in [4.78, 5) is 9.19. The molecule has 0 aliphatic rings. The van der Waals surface area contributed by atoms with Crippen molar-refractivity contribution in [3.63, 3.8) is 0 Å². The maximum atomic E-state index is 5.46. The van der Waals surface area contributed by atoms with Gasteiger partial charge < -0.3 is 15.0 Å². The summed E-state index contributed by atoms with van der Waals surface area (Å²) >= 11 is 0. The molecular weight excluding hydrogens is 240 g/mol. The normalized spacial score (nSPS) is 11.3. The van der Waals surface area contributed by atoms with Crippen molar-refractivity contribution in [1.29, 1.82) is 0 Å². The summed E-state index contributed by atoms with van der Waals surface area (Å²) in [5, 5.41) is 0. The van der Waals surface area contributed by atoms with Crippen molar-refractivity contribution < 1.29 is 4.74 Å². The first-order valence-corrected chi connectivity index (χ1v) is 6.85. The van der Waals surface area contributed by atoms with Crippen LogP contribution >= 0.6 is 0 Å². The molecule has 2 heterocycles. The fraction of sp³-hybridized carbons (Fsp3) is 0.571. The fourth-order valence-electron chi connectivity index (χ4n) is 2.15. The first-order valence-electron chi connectivity index (χ1n) is 6.85. The van der Waals surface area contributed by atoms with Crippen LogP contribution in [0.2, 0.25) is 0 Å². The summed E-state index contributed by atoms with van der Waals surface area (Å²) in [5.41, 5.74) is 8.48. The van der Waals surface area contributed by atoms with Gasteiger partial charge in [0.1, 0.15) is 11.3 Å². The number of imidazole rings is 1. The van der Waals surface area contributed by atoms with Crippen LogP contribution in [0.5, 0.6) is 0 Å². The van der Waals surface area contributed by atoms with E-state index in [4.69, 9.17) is 10.5 Å². The number of rotatable bonds is 7. The molecule has 2 N–H and O–H groups in total. The third kappa shape index (κ3) is 3.30. The maximum Gasteiger partial charge on any atom is 0.160 e. The Morgan fingerprint density at radius 1 is 1.37 bits per heavy atom. The molecule has 0 amide bonds. The zero-order valence-corrected chi connectivity index (χ0v) is 11.7. The first-order chi connectivity index (χ1) is 9.26. The van der Waals surface area contributed by atoms with E-state index < -0.39 is 0 Å². The molecule has 0 aromatic carbocycles. The van der Waals surface area contributed by atoms with E-state index in [-0.39, 0.29) is 0 Å². The molecule has 0 aliphatic heterocycles. The van der Waals surface area contributed by atoms with Gasteiger partial charge in [-0.25, -0.2) is 9.97 Å². The van der Waals surface area contributed by atoms with Crippen LogP contribution in [0.3, 0.4) is 0 Å². The monoisotopic (exact) mass is 262 g/mol. The second-order valence-corrected chi connectivity index (χ2v) is 4.69. The van der Waals surface area contributed by atoms with Crippen LogP contribution in [0.1, 0.15) is 24.7 Å². The summed E-state index contributed by atoms with van der Waals surface area (Å²) in [6.07, 6.45) is 3.93. The molecule has 0 atom stereocenters. The Labute approximate surface area is 113 Å². The third-order valence-corrected chi connectivity index (χ3v) is 3.00. The van der Waals surface area contributed by atoms with Gasteiger partial charge in [0.15, 0.2) is 5.65 Å². The van der Waals surface area contributed by atoms with Crippen molar-refractivity contribution in [3.8, 4) is 0 Å². The van der Waals surface area contributed by atoms with Gasteiger partial charge in [0.05, 0.1) is 13.2 Å². The van der Waals surface area contributed by atoms with E-state index in [2.05, 4.69) is 27.5 Å². The molecule has 2 aromatic heterocycles. The summed E-state index contributed by atoms with van der Waals surface area (Å²) < 4.78 is 7.62. The van der Waals surface area contributed by atoms with Crippen LogP contribution in [0.25, 0.3) is 11.2 Å². The van der Waals surface area contributed by atoms with E-state index in [0.717, 1.165) is 41.9 Å². The predicted molar refractivity (Wildman–Crippen MR) is 76.1 cm³/mol. The highest BCUT2D eigenvalue weighted by Crippen LogP contribution is 2.16. The van der Waals surface area contributed by atoms with Crippen molar-refractivity contribution >= 4 is 11.2 Å². The number of ether oxygens (including phenoxy) is 1. The summed E-state index contributed by atoms with van der Waals surface area (Å²) in [6, 6.07) is 2.08. The zero-order valence-electron chi connectivity index (χ0n) is 11.7. The van der Waals surface area contributed by atoms with Gasteiger partial charge in [-0.1, -0.05) is 6.92 Å². The molecular formula is C14H22N4O. The molecule has 0 radical (unpaired) electrons. The average Bonchev–Trinajstić information content (AvgIpc) is 2.72. The topological polar surface area (TPSA) is 66.0 Å². The highest BCUT2D eigenvalue weighted by molar-refractivity contribution is 5.72. The van der Waals surface area contributed by atoms with E-state index in [0.29, 0.717) is 19.8 Å². The average molecular weight is 262 g/mol. The number of fused-ring (bicyclic) bond motifs is 1. The lowest BCUT2D eigenvalue weighted by Gasteiger charge is -2.08. The molecule has 104 valence electrons. The lowest BCUT2D eigenvalue weighted by atomic mass is 10.3. The number of nitrogens with two attached hydrogens (primary N) is 1. The lowest BCUT2D eigenvalue weighted by Crippen LogP contribution is -2.14. The molecule has 0 spiro atoms. The number of aromatic nitrogens is 3. The molecule has 5 heteroatoms. The van der Waals surface area contributed by atoms with Crippen LogP contribution in [-0.4, -0.2) is 34.3 Å². The van der Waals surface area contributed by atoms with Gasteiger partial charge >= 0.3 is 0 Å². The molecule has 0 fully saturated rings. The maximum absolute atomic E-state index is 5.46. The smallest absolute Gasteiger partial charge is 0.160 e. The van der Waals surface area contributed by atoms with E-state index in [1.807, 2.05) is 13.1 Å². The molecule has 2 aromatic rings. The van der Waals surface area contributed by atoms with Crippen LogP contribution in [0.15, 0.2) is 12.3 Å². The second-order valence-electron chi connectivity index (χ2n) is 4.69. The highest BCUT2D eigenvalue weighted by Gasteiger charge is 2.11. The van der Waals surface area contributed by atoms with Gasteiger partial charge in [0.2, 0.25) is 0 Å². The molecule has 19 heavy (non-hydrogen) atoms. The second kappa shape index (κ2) is 6.63. The van der Waals surface area contributed by atoms with E-state index in [1.54, 1.807) is 0 Å². The Morgan fingerprint density at radius 3 is 2.95 bits per heavy atom. The first kappa shape index (κ1) is 14.0. The van der Waals surface area contributed by atoms with Gasteiger partial charge in [-0.3, -0.25) is 0 Å². The number of hydrogen-bond donors (Lipinski definition) is 1. The number of aryl methyl sites for hydroxylation is 2. The van der Waals surface area contributed by atoms with Gasteiger partial charge in [-0.05, 0) is 25.0 Å². The van der Waals surface area contributed by atoms with Gasteiger partial charge in [-0.2, -0.15) is 0 Å².